The lowest BCUT2D eigenvalue weighted by Gasteiger charge is -2.35. The van der Waals surface area contributed by atoms with Gasteiger partial charge < -0.3 is 15.4 Å². The predicted molar refractivity (Wildman–Crippen MR) is 103 cm³/mol. The van der Waals surface area contributed by atoms with Crippen LogP contribution in [0.3, 0.4) is 0 Å². The van der Waals surface area contributed by atoms with Crippen LogP contribution in [0, 0.1) is 6.92 Å². The molecular weight excluding hydrogens is 342 g/mol. The highest BCUT2D eigenvalue weighted by atomic mass is 16.5. The van der Waals surface area contributed by atoms with Crippen molar-refractivity contribution < 1.29 is 14.3 Å². The number of primary amides is 1. The zero-order chi connectivity index (χ0) is 19.2. The lowest BCUT2D eigenvalue weighted by molar-refractivity contribution is -0.119. The summed E-state index contributed by atoms with van der Waals surface area (Å²) in [6.07, 6.45) is 0. The maximum absolute atomic E-state index is 12.9. The zero-order valence-electron chi connectivity index (χ0n) is 15.6. The molecule has 6 nitrogen and oxygen atoms in total. The first kappa shape index (κ1) is 18.9. The average Bonchev–Trinajstić information content (AvgIpc) is 2.67. The zero-order valence-corrected chi connectivity index (χ0v) is 15.6. The van der Waals surface area contributed by atoms with Crippen molar-refractivity contribution in [1.29, 1.82) is 0 Å². The van der Waals surface area contributed by atoms with Gasteiger partial charge in [-0.1, -0.05) is 42.0 Å². The molecule has 2 N–H and O–H groups in total. The van der Waals surface area contributed by atoms with Crippen LogP contribution in [0.15, 0.2) is 48.5 Å². The van der Waals surface area contributed by atoms with E-state index < -0.39 is 5.91 Å². The maximum atomic E-state index is 12.9. The van der Waals surface area contributed by atoms with E-state index in [2.05, 4.69) is 36.1 Å². The Hall–Kier alpha value is -2.86. The van der Waals surface area contributed by atoms with Crippen molar-refractivity contribution in [3.8, 4) is 5.75 Å². The molecule has 2 aromatic rings. The van der Waals surface area contributed by atoms with Crippen LogP contribution in [0.5, 0.6) is 5.75 Å². The fraction of sp³-hybridized carbons (Fsp3) is 0.333. The number of piperazine rings is 1. The van der Waals surface area contributed by atoms with Crippen LogP contribution in [-0.2, 0) is 11.3 Å². The smallest absolute Gasteiger partial charge is 0.257 e. The van der Waals surface area contributed by atoms with Gasteiger partial charge in [-0.3, -0.25) is 14.5 Å². The third-order valence-corrected chi connectivity index (χ3v) is 4.64. The number of rotatable bonds is 6. The first-order valence-corrected chi connectivity index (χ1v) is 9.10. The molecular formula is C21H25N3O3. The largest absolute Gasteiger partial charge is 0.483 e. The summed E-state index contributed by atoms with van der Waals surface area (Å²) < 4.78 is 5.39. The van der Waals surface area contributed by atoms with Gasteiger partial charge in [0.05, 0.1) is 5.56 Å². The van der Waals surface area contributed by atoms with Crippen molar-refractivity contribution >= 4 is 11.8 Å². The van der Waals surface area contributed by atoms with Crippen LogP contribution in [0.25, 0.3) is 0 Å². The lowest BCUT2D eigenvalue weighted by atomic mass is 10.1. The molecule has 0 unspecified atom stereocenters. The number of benzene rings is 2. The summed E-state index contributed by atoms with van der Waals surface area (Å²) in [5.41, 5.74) is 8.15. The van der Waals surface area contributed by atoms with Crippen molar-refractivity contribution in [2.75, 3.05) is 32.8 Å². The third kappa shape index (κ3) is 5.08. The van der Waals surface area contributed by atoms with Crippen molar-refractivity contribution in [2.45, 2.75) is 13.5 Å². The first-order chi connectivity index (χ1) is 13.0. The number of hydrogen-bond acceptors (Lipinski definition) is 4. The number of nitrogens with two attached hydrogens (primary N) is 1. The van der Waals surface area contributed by atoms with Crippen LogP contribution in [-0.4, -0.2) is 54.4 Å². The molecule has 3 rings (SSSR count). The molecule has 0 aromatic heterocycles. The Kier molecular flexibility index (Phi) is 6.08. The summed E-state index contributed by atoms with van der Waals surface area (Å²) in [5.74, 6) is -0.254. The molecule has 2 aromatic carbocycles. The Morgan fingerprint density at radius 2 is 1.78 bits per heavy atom. The van der Waals surface area contributed by atoms with Gasteiger partial charge in [0.1, 0.15) is 5.75 Å². The Labute approximate surface area is 159 Å². The molecule has 1 saturated heterocycles. The van der Waals surface area contributed by atoms with Crippen LogP contribution in [0.4, 0.5) is 0 Å². The molecule has 0 radical (unpaired) electrons. The van der Waals surface area contributed by atoms with Gasteiger partial charge in [-0.2, -0.15) is 0 Å². The molecule has 6 heteroatoms. The highest BCUT2D eigenvalue weighted by Crippen LogP contribution is 2.21. The number of ether oxygens (including phenoxy) is 1. The van der Waals surface area contributed by atoms with Crippen LogP contribution >= 0.6 is 0 Å². The normalized spacial score (nSPS) is 14.8. The molecule has 0 bridgehead atoms. The van der Waals surface area contributed by atoms with E-state index in [4.69, 9.17) is 10.5 Å². The molecule has 142 valence electrons. The molecule has 0 spiro atoms. The maximum Gasteiger partial charge on any atom is 0.257 e. The van der Waals surface area contributed by atoms with E-state index in [0.29, 0.717) is 24.4 Å². The Morgan fingerprint density at radius 3 is 2.48 bits per heavy atom. The second-order valence-corrected chi connectivity index (χ2v) is 6.81. The highest BCUT2D eigenvalue weighted by Gasteiger charge is 2.24. The van der Waals surface area contributed by atoms with Gasteiger partial charge in [0, 0.05) is 32.7 Å². The number of carbonyl (C=O) groups excluding carboxylic acids is 2. The summed E-state index contributed by atoms with van der Waals surface area (Å²) in [6.45, 7) is 5.71. The minimum absolute atomic E-state index is 0.0784. The quantitative estimate of drug-likeness (QED) is 0.845. The van der Waals surface area contributed by atoms with Gasteiger partial charge in [-0.25, -0.2) is 0 Å². The van der Waals surface area contributed by atoms with E-state index in [1.807, 2.05) is 4.90 Å². The molecule has 27 heavy (non-hydrogen) atoms. The molecule has 1 aliphatic rings. The summed E-state index contributed by atoms with van der Waals surface area (Å²) >= 11 is 0. The van der Waals surface area contributed by atoms with Crippen molar-refractivity contribution in [3.05, 3.63) is 65.2 Å². The summed E-state index contributed by atoms with van der Waals surface area (Å²) in [6, 6.07) is 15.5. The molecule has 1 heterocycles. The second kappa shape index (κ2) is 8.68. The van der Waals surface area contributed by atoms with Crippen molar-refractivity contribution in [2.24, 2.45) is 5.73 Å². The summed E-state index contributed by atoms with van der Waals surface area (Å²) in [7, 11) is 0. The topological polar surface area (TPSA) is 75.9 Å². The van der Waals surface area contributed by atoms with Gasteiger partial charge in [0.15, 0.2) is 6.61 Å². The Balaban J connectivity index is 1.59. The van der Waals surface area contributed by atoms with Gasteiger partial charge in [0.2, 0.25) is 0 Å². The van der Waals surface area contributed by atoms with Gasteiger partial charge in [0.25, 0.3) is 11.8 Å². The average molecular weight is 367 g/mol. The highest BCUT2D eigenvalue weighted by molar-refractivity contribution is 5.97. The van der Waals surface area contributed by atoms with Crippen molar-refractivity contribution in [1.82, 2.24) is 9.80 Å². The van der Waals surface area contributed by atoms with Crippen molar-refractivity contribution in [3.63, 3.8) is 0 Å². The second-order valence-electron chi connectivity index (χ2n) is 6.81. The summed E-state index contributed by atoms with van der Waals surface area (Å²) in [5, 5.41) is 0. The Bertz CT molecular complexity index is 814. The number of aryl methyl sites for hydroxylation is 1. The number of hydrogen-bond donors (Lipinski definition) is 1. The lowest BCUT2D eigenvalue weighted by Crippen LogP contribution is -2.48. The van der Waals surface area contributed by atoms with Gasteiger partial charge in [-0.05, 0) is 24.6 Å². The van der Waals surface area contributed by atoms with E-state index in [9.17, 15) is 9.59 Å². The fourth-order valence-electron chi connectivity index (χ4n) is 3.27. The molecule has 1 aliphatic heterocycles. The minimum Gasteiger partial charge on any atom is -0.483 e. The first-order valence-electron chi connectivity index (χ1n) is 9.10. The van der Waals surface area contributed by atoms with E-state index in [1.54, 1.807) is 24.3 Å². The standard InChI is InChI=1S/C21H25N3O3/c1-16-5-4-6-17(13-16)14-23-9-11-24(12-10-23)21(26)18-7-2-3-8-19(18)27-15-20(22)25/h2-8,13H,9-12,14-15H2,1H3,(H2,22,25). The molecule has 1 fully saturated rings. The molecule has 2 amide bonds. The molecule has 0 saturated carbocycles. The van der Waals surface area contributed by atoms with Crippen LogP contribution in [0.1, 0.15) is 21.5 Å². The summed E-state index contributed by atoms with van der Waals surface area (Å²) in [4.78, 5) is 28.0. The SMILES string of the molecule is Cc1cccc(CN2CCN(C(=O)c3ccccc3OCC(N)=O)CC2)c1. The van der Waals surface area contributed by atoms with Gasteiger partial charge >= 0.3 is 0 Å². The number of nitrogens with zero attached hydrogens (tertiary/aromatic N) is 2. The number of para-hydroxylation sites is 1. The molecule has 0 atom stereocenters. The fourth-order valence-corrected chi connectivity index (χ4v) is 3.27. The van der Waals surface area contributed by atoms with E-state index in [1.165, 1.54) is 11.1 Å². The molecule has 0 aliphatic carbocycles. The van der Waals surface area contributed by atoms with E-state index >= 15 is 0 Å². The van der Waals surface area contributed by atoms with Crippen LogP contribution < -0.4 is 10.5 Å². The number of carbonyl (C=O) groups is 2. The van der Waals surface area contributed by atoms with E-state index in [0.717, 1.165) is 19.6 Å². The Morgan fingerprint density at radius 1 is 1.04 bits per heavy atom. The monoisotopic (exact) mass is 367 g/mol. The third-order valence-electron chi connectivity index (χ3n) is 4.64. The number of amides is 2. The van der Waals surface area contributed by atoms with Crippen LogP contribution in [0.2, 0.25) is 0 Å². The van der Waals surface area contributed by atoms with E-state index in [-0.39, 0.29) is 12.5 Å². The predicted octanol–water partition coefficient (Wildman–Crippen LogP) is 1.82. The van der Waals surface area contributed by atoms with Gasteiger partial charge in [-0.15, -0.1) is 0 Å². The minimum atomic E-state index is -0.568.